The fraction of sp³-hybridized carbons (Fsp3) is 0.625. The van der Waals surface area contributed by atoms with Crippen LogP contribution in [0.4, 0.5) is 0 Å². The molecule has 1 rings (SSSR count). The second-order valence-electron chi connectivity index (χ2n) is 5.55. The van der Waals surface area contributed by atoms with Crippen LogP contribution in [0.25, 0.3) is 0 Å². The van der Waals surface area contributed by atoms with Gasteiger partial charge in [-0.2, -0.15) is 0 Å². The SMILES string of the molecule is CCCCCC(C)NS(=O)(=O)c1ccc(CCCN)cc1. The molecule has 0 radical (unpaired) electrons. The second kappa shape index (κ2) is 9.18. The lowest BCUT2D eigenvalue weighted by molar-refractivity contribution is 0.527. The standard InChI is InChI=1S/C16H28N2O2S/c1-3-4-5-7-14(2)18-21(19,20)16-11-9-15(10-12-16)8-6-13-17/h9-12,14,18H,3-8,13,17H2,1-2H3. The van der Waals surface area contributed by atoms with Gasteiger partial charge in [-0.3, -0.25) is 0 Å². The van der Waals surface area contributed by atoms with Crippen LogP contribution in [0.3, 0.4) is 0 Å². The summed E-state index contributed by atoms with van der Waals surface area (Å²) >= 11 is 0. The Morgan fingerprint density at radius 2 is 1.81 bits per heavy atom. The molecule has 4 nitrogen and oxygen atoms in total. The van der Waals surface area contributed by atoms with Crippen molar-refractivity contribution in [3.63, 3.8) is 0 Å². The van der Waals surface area contributed by atoms with E-state index in [0.717, 1.165) is 44.1 Å². The number of hydrogen-bond donors (Lipinski definition) is 2. The molecule has 0 spiro atoms. The molecule has 1 atom stereocenters. The fourth-order valence-corrected chi connectivity index (χ4v) is 3.51. The molecule has 1 aromatic carbocycles. The zero-order valence-corrected chi connectivity index (χ0v) is 14.0. The molecule has 21 heavy (non-hydrogen) atoms. The number of nitrogens with two attached hydrogens (primary N) is 1. The first-order valence-electron chi connectivity index (χ1n) is 7.81. The third-order valence-corrected chi connectivity index (χ3v) is 5.11. The van der Waals surface area contributed by atoms with E-state index in [1.807, 2.05) is 19.1 Å². The Morgan fingerprint density at radius 3 is 2.38 bits per heavy atom. The molecule has 0 amide bonds. The Kier molecular flexibility index (Phi) is 7.93. The van der Waals surface area contributed by atoms with Gasteiger partial charge in [-0.15, -0.1) is 0 Å². The van der Waals surface area contributed by atoms with Crippen molar-refractivity contribution in [3.8, 4) is 0 Å². The van der Waals surface area contributed by atoms with Crippen LogP contribution in [0.2, 0.25) is 0 Å². The van der Waals surface area contributed by atoms with Crippen molar-refractivity contribution in [1.82, 2.24) is 4.72 Å². The minimum absolute atomic E-state index is 0.0292. The summed E-state index contributed by atoms with van der Waals surface area (Å²) in [5.74, 6) is 0. The minimum Gasteiger partial charge on any atom is -0.330 e. The van der Waals surface area contributed by atoms with Crippen molar-refractivity contribution in [3.05, 3.63) is 29.8 Å². The molecule has 120 valence electrons. The Bertz CT molecular complexity index is 498. The van der Waals surface area contributed by atoms with Gasteiger partial charge in [0.05, 0.1) is 4.90 Å². The van der Waals surface area contributed by atoms with Gasteiger partial charge >= 0.3 is 0 Å². The largest absolute Gasteiger partial charge is 0.330 e. The van der Waals surface area contributed by atoms with Crippen LogP contribution in [0.1, 0.15) is 51.5 Å². The fourth-order valence-electron chi connectivity index (χ4n) is 2.23. The predicted molar refractivity (Wildman–Crippen MR) is 87.7 cm³/mol. The van der Waals surface area contributed by atoms with Crippen LogP contribution in [0.15, 0.2) is 29.2 Å². The van der Waals surface area contributed by atoms with Gasteiger partial charge < -0.3 is 5.73 Å². The molecule has 0 saturated heterocycles. The number of nitrogens with one attached hydrogen (secondary N) is 1. The molecule has 1 unspecified atom stereocenters. The summed E-state index contributed by atoms with van der Waals surface area (Å²) in [6.45, 7) is 4.71. The van der Waals surface area contributed by atoms with E-state index in [2.05, 4.69) is 11.6 Å². The quantitative estimate of drug-likeness (QED) is 0.653. The Labute approximate surface area is 129 Å². The van der Waals surface area contributed by atoms with E-state index in [0.29, 0.717) is 11.4 Å². The van der Waals surface area contributed by atoms with Gasteiger partial charge in [-0.1, -0.05) is 38.3 Å². The van der Waals surface area contributed by atoms with Crippen LogP contribution in [-0.4, -0.2) is 21.0 Å². The molecule has 3 N–H and O–H groups in total. The smallest absolute Gasteiger partial charge is 0.240 e. The van der Waals surface area contributed by atoms with E-state index in [4.69, 9.17) is 5.73 Å². The molecule has 5 heteroatoms. The molecule has 0 fully saturated rings. The number of aryl methyl sites for hydroxylation is 1. The number of rotatable bonds is 10. The molecule has 0 heterocycles. The normalized spacial score (nSPS) is 13.3. The lowest BCUT2D eigenvalue weighted by Crippen LogP contribution is -2.32. The summed E-state index contributed by atoms with van der Waals surface area (Å²) in [7, 11) is -3.41. The van der Waals surface area contributed by atoms with Crippen molar-refractivity contribution in [2.24, 2.45) is 5.73 Å². The highest BCUT2D eigenvalue weighted by Gasteiger charge is 2.16. The first kappa shape index (κ1) is 18.1. The maximum atomic E-state index is 12.3. The van der Waals surface area contributed by atoms with E-state index < -0.39 is 10.0 Å². The molecule has 0 aliphatic rings. The zero-order valence-electron chi connectivity index (χ0n) is 13.1. The Hall–Kier alpha value is -0.910. The molecule has 0 saturated carbocycles. The van der Waals surface area contributed by atoms with Crippen LogP contribution < -0.4 is 10.5 Å². The molecule has 0 bridgehead atoms. The van der Waals surface area contributed by atoms with Gasteiger partial charge in [-0.05, 0) is 50.4 Å². The second-order valence-corrected chi connectivity index (χ2v) is 7.27. The first-order valence-corrected chi connectivity index (χ1v) is 9.29. The van der Waals surface area contributed by atoms with Crippen LogP contribution in [0.5, 0.6) is 0 Å². The molecule has 1 aromatic rings. The van der Waals surface area contributed by atoms with Crippen molar-refractivity contribution in [2.75, 3.05) is 6.54 Å². The van der Waals surface area contributed by atoms with E-state index in [9.17, 15) is 8.42 Å². The highest BCUT2D eigenvalue weighted by atomic mass is 32.2. The highest BCUT2D eigenvalue weighted by molar-refractivity contribution is 7.89. The number of sulfonamides is 1. The average Bonchev–Trinajstić information content (AvgIpc) is 2.45. The van der Waals surface area contributed by atoms with Crippen LogP contribution in [0, 0.1) is 0 Å². The number of benzene rings is 1. The Balaban J connectivity index is 2.61. The molecule has 0 aliphatic carbocycles. The van der Waals surface area contributed by atoms with E-state index in [1.165, 1.54) is 0 Å². The van der Waals surface area contributed by atoms with Gasteiger partial charge in [0.15, 0.2) is 0 Å². The topological polar surface area (TPSA) is 72.2 Å². The lowest BCUT2D eigenvalue weighted by Gasteiger charge is -2.14. The summed E-state index contributed by atoms with van der Waals surface area (Å²) in [5, 5.41) is 0. The summed E-state index contributed by atoms with van der Waals surface area (Å²) < 4.78 is 27.3. The van der Waals surface area contributed by atoms with E-state index in [1.54, 1.807) is 12.1 Å². The lowest BCUT2D eigenvalue weighted by atomic mass is 10.1. The maximum absolute atomic E-state index is 12.3. The monoisotopic (exact) mass is 312 g/mol. The average molecular weight is 312 g/mol. The van der Waals surface area contributed by atoms with Crippen molar-refractivity contribution >= 4 is 10.0 Å². The molecule has 0 aliphatic heterocycles. The molecular formula is C16H28N2O2S. The van der Waals surface area contributed by atoms with Gasteiger partial charge in [0.1, 0.15) is 0 Å². The minimum atomic E-state index is -3.41. The highest BCUT2D eigenvalue weighted by Crippen LogP contribution is 2.13. The van der Waals surface area contributed by atoms with Gasteiger partial charge in [0.2, 0.25) is 10.0 Å². The van der Waals surface area contributed by atoms with Crippen molar-refractivity contribution in [1.29, 1.82) is 0 Å². The Morgan fingerprint density at radius 1 is 1.14 bits per heavy atom. The number of unbranched alkanes of at least 4 members (excludes halogenated alkanes) is 2. The third kappa shape index (κ3) is 6.59. The summed E-state index contributed by atoms with van der Waals surface area (Å²) in [6, 6.07) is 7.05. The summed E-state index contributed by atoms with van der Waals surface area (Å²) in [5.41, 5.74) is 6.60. The van der Waals surface area contributed by atoms with Crippen molar-refractivity contribution < 1.29 is 8.42 Å². The van der Waals surface area contributed by atoms with Gasteiger partial charge in [-0.25, -0.2) is 13.1 Å². The molecular weight excluding hydrogens is 284 g/mol. The maximum Gasteiger partial charge on any atom is 0.240 e. The number of hydrogen-bond acceptors (Lipinski definition) is 3. The zero-order chi connectivity index (χ0) is 15.7. The predicted octanol–water partition coefficient (Wildman–Crippen LogP) is 2.83. The van der Waals surface area contributed by atoms with Gasteiger partial charge in [0, 0.05) is 6.04 Å². The van der Waals surface area contributed by atoms with Crippen LogP contribution in [-0.2, 0) is 16.4 Å². The molecule has 0 aromatic heterocycles. The first-order chi connectivity index (χ1) is 9.99. The summed E-state index contributed by atoms with van der Waals surface area (Å²) in [6.07, 6.45) is 6.02. The summed E-state index contributed by atoms with van der Waals surface area (Å²) in [4.78, 5) is 0.335. The van der Waals surface area contributed by atoms with E-state index >= 15 is 0 Å². The van der Waals surface area contributed by atoms with E-state index in [-0.39, 0.29) is 6.04 Å². The third-order valence-electron chi connectivity index (χ3n) is 3.50. The van der Waals surface area contributed by atoms with Gasteiger partial charge in [0.25, 0.3) is 0 Å². The van der Waals surface area contributed by atoms with Crippen LogP contribution >= 0.6 is 0 Å². The van der Waals surface area contributed by atoms with Crippen molar-refractivity contribution in [2.45, 2.75) is 63.3 Å².